The smallest absolute Gasteiger partial charge is 0.255 e. The fourth-order valence-electron chi connectivity index (χ4n) is 3.25. The molecule has 0 atom stereocenters. The van der Waals surface area contributed by atoms with Gasteiger partial charge in [-0.3, -0.25) is 4.79 Å². The third kappa shape index (κ3) is 4.08. The molecule has 1 N–H and O–H groups in total. The molecule has 146 valence electrons. The van der Waals surface area contributed by atoms with E-state index in [1.165, 1.54) is 10.3 Å². The van der Waals surface area contributed by atoms with E-state index in [0.717, 1.165) is 27.3 Å². The summed E-state index contributed by atoms with van der Waals surface area (Å²) in [6, 6.07) is 22.0. The number of carbonyl (C=O) groups is 1. The number of carbonyl (C=O) groups excluding carboxylic acids is 1. The number of hydrogen-bond donors (Lipinski definition) is 1. The molecule has 4 rings (SSSR count). The number of nitrogens with one attached hydrogen (secondary N) is 1. The van der Waals surface area contributed by atoms with E-state index in [4.69, 9.17) is 4.98 Å². The third-order valence-corrected chi connectivity index (χ3v) is 6.11. The molecule has 4 heteroatoms. The average molecular weight is 401 g/mol. The van der Waals surface area contributed by atoms with Gasteiger partial charge in [-0.2, -0.15) is 0 Å². The van der Waals surface area contributed by atoms with Crippen molar-refractivity contribution in [1.29, 1.82) is 0 Å². The second-order valence-corrected chi connectivity index (χ2v) is 9.33. The standard InChI is InChI=1S/C25H24N2OS/c1-16-15-18(24-27-21-7-5-6-8-22(21)29-24)11-14-20(16)26-23(28)17-9-12-19(13-10-17)25(2,3)4/h5-15H,1-4H3,(H,26,28). The number of aromatic nitrogens is 1. The van der Waals surface area contributed by atoms with Crippen LogP contribution in [0, 0.1) is 6.92 Å². The molecule has 0 radical (unpaired) electrons. The molecule has 3 nitrogen and oxygen atoms in total. The second kappa shape index (κ2) is 7.45. The first kappa shape index (κ1) is 19.3. The van der Waals surface area contributed by atoms with E-state index in [0.29, 0.717) is 5.56 Å². The van der Waals surface area contributed by atoms with Crippen LogP contribution >= 0.6 is 11.3 Å². The highest BCUT2D eigenvalue weighted by molar-refractivity contribution is 7.21. The third-order valence-electron chi connectivity index (χ3n) is 5.03. The number of benzene rings is 3. The van der Waals surface area contributed by atoms with Crippen molar-refractivity contribution in [2.75, 3.05) is 5.32 Å². The first-order valence-electron chi connectivity index (χ1n) is 9.70. The molecule has 0 bridgehead atoms. The fourth-order valence-corrected chi connectivity index (χ4v) is 4.21. The Morgan fingerprint density at radius 2 is 1.69 bits per heavy atom. The Bertz CT molecular complexity index is 1150. The SMILES string of the molecule is Cc1cc(-c2nc3ccccc3s2)ccc1NC(=O)c1ccc(C(C)(C)C)cc1. The van der Waals surface area contributed by atoms with Gasteiger partial charge in [-0.1, -0.05) is 45.0 Å². The molecule has 0 saturated carbocycles. The predicted molar refractivity (Wildman–Crippen MR) is 123 cm³/mol. The van der Waals surface area contributed by atoms with E-state index in [1.54, 1.807) is 11.3 Å². The van der Waals surface area contributed by atoms with Gasteiger partial charge in [-0.25, -0.2) is 4.98 Å². The van der Waals surface area contributed by atoms with Crippen LogP contribution in [0.1, 0.15) is 42.3 Å². The monoisotopic (exact) mass is 400 g/mol. The maximum Gasteiger partial charge on any atom is 0.255 e. The van der Waals surface area contributed by atoms with Gasteiger partial charge in [0.25, 0.3) is 5.91 Å². The minimum absolute atomic E-state index is 0.0715. The number of amides is 1. The Kier molecular flexibility index (Phi) is 4.97. The zero-order valence-electron chi connectivity index (χ0n) is 17.1. The highest BCUT2D eigenvalue weighted by atomic mass is 32.1. The van der Waals surface area contributed by atoms with Crippen LogP contribution in [-0.4, -0.2) is 10.9 Å². The van der Waals surface area contributed by atoms with Gasteiger partial charge in [0.05, 0.1) is 10.2 Å². The van der Waals surface area contributed by atoms with Gasteiger partial charge in [-0.05, 0) is 65.9 Å². The average Bonchev–Trinajstić information content (AvgIpc) is 3.13. The molecule has 0 fully saturated rings. The summed E-state index contributed by atoms with van der Waals surface area (Å²) in [6.45, 7) is 8.50. The maximum absolute atomic E-state index is 12.7. The highest BCUT2D eigenvalue weighted by Crippen LogP contribution is 2.32. The molecule has 1 aromatic heterocycles. The first-order chi connectivity index (χ1) is 13.8. The van der Waals surface area contributed by atoms with E-state index in [1.807, 2.05) is 61.5 Å². The number of aryl methyl sites for hydroxylation is 1. The van der Waals surface area contributed by atoms with E-state index < -0.39 is 0 Å². The number of rotatable bonds is 3. The van der Waals surface area contributed by atoms with Crippen LogP contribution in [-0.2, 0) is 5.41 Å². The predicted octanol–water partition coefficient (Wildman–Crippen LogP) is 6.82. The summed E-state index contributed by atoms with van der Waals surface area (Å²) < 4.78 is 1.18. The summed E-state index contributed by atoms with van der Waals surface area (Å²) >= 11 is 1.68. The van der Waals surface area contributed by atoms with Crippen molar-refractivity contribution in [3.05, 3.63) is 83.4 Å². The molecule has 3 aromatic carbocycles. The van der Waals surface area contributed by atoms with Crippen molar-refractivity contribution in [2.45, 2.75) is 33.1 Å². The molecule has 0 aliphatic heterocycles. The molecule has 1 amide bonds. The lowest BCUT2D eigenvalue weighted by Gasteiger charge is -2.19. The summed E-state index contributed by atoms with van der Waals surface area (Å²) in [4.78, 5) is 17.4. The minimum atomic E-state index is -0.0960. The lowest BCUT2D eigenvalue weighted by atomic mass is 9.86. The first-order valence-corrected chi connectivity index (χ1v) is 10.5. The van der Waals surface area contributed by atoms with Crippen LogP contribution in [0.15, 0.2) is 66.7 Å². The van der Waals surface area contributed by atoms with Crippen LogP contribution in [0.25, 0.3) is 20.8 Å². The van der Waals surface area contributed by atoms with Crippen molar-refractivity contribution >= 4 is 33.1 Å². The van der Waals surface area contributed by atoms with Crippen LogP contribution < -0.4 is 5.32 Å². The van der Waals surface area contributed by atoms with E-state index >= 15 is 0 Å². The fraction of sp³-hybridized carbons (Fsp3) is 0.200. The Morgan fingerprint density at radius 1 is 0.966 bits per heavy atom. The van der Waals surface area contributed by atoms with Gasteiger partial charge in [0.2, 0.25) is 0 Å². The summed E-state index contributed by atoms with van der Waals surface area (Å²) in [5, 5.41) is 4.02. The maximum atomic E-state index is 12.7. The molecule has 1 heterocycles. The van der Waals surface area contributed by atoms with E-state index in [2.05, 4.69) is 38.2 Å². The number of anilines is 1. The molecular weight excluding hydrogens is 376 g/mol. The molecular formula is C25H24N2OS. The summed E-state index contributed by atoms with van der Waals surface area (Å²) in [7, 11) is 0. The highest BCUT2D eigenvalue weighted by Gasteiger charge is 2.15. The molecule has 29 heavy (non-hydrogen) atoms. The van der Waals surface area contributed by atoms with Crippen molar-refractivity contribution in [1.82, 2.24) is 4.98 Å². The lowest BCUT2D eigenvalue weighted by Crippen LogP contribution is -2.14. The van der Waals surface area contributed by atoms with Gasteiger partial charge in [-0.15, -0.1) is 11.3 Å². The molecule has 0 unspecified atom stereocenters. The van der Waals surface area contributed by atoms with Gasteiger partial charge >= 0.3 is 0 Å². The molecule has 0 saturated heterocycles. The van der Waals surface area contributed by atoms with Gasteiger partial charge in [0.15, 0.2) is 0 Å². The zero-order valence-corrected chi connectivity index (χ0v) is 17.9. The molecule has 0 spiro atoms. The van der Waals surface area contributed by atoms with Crippen LogP contribution in [0.4, 0.5) is 5.69 Å². The zero-order chi connectivity index (χ0) is 20.6. The van der Waals surface area contributed by atoms with Gasteiger partial charge in [0, 0.05) is 16.8 Å². The molecule has 0 aliphatic carbocycles. The van der Waals surface area contributed by atoms with Crippen LogP contribution in [0.3, 0.4) is 0 Å². The molecule has 0 aliphatic rings. The normalized spacial score (nSPS) is 11.6. The topological polar surface area (TPSA) is 42.0 Å². The minimum Gasteiger partial charge on any atom is -0.322 e. The van der Waals surface area contributed by atoms with Crippen LogP contribution in [0.2, 0.25) is 0 Å². The summed E-state index contributed by atoms with van der Waals surface area (Å²) in [6.07, 6.45) is 0. The Morgan fingerprint density at radius 3 is 2.34 bits per heavy atom. The van der Waals surface area contributed by atoms with Gasteiger partial charge < -0.3 is 5.32 Å². The quantitative estimate of drug-likeness (QED) is 0.410. The largest absolute Gasteiger partial charge is 0.322 e. The second-order valence-electron chi connectivity index (χ2n) is 8.30. The number of thiazole rings is 1. The van der Waals surface area contributed by atoms with Gasteiger partial charge in [0.1, 0.15) is 5.01 Å². The number of nitrogens with zero attached hydrogens (tertiary/aromatic N) is 1. The number of fused-ring (bicyclic) bond motifs is 1. The van der Waals surface area contributed by atoms with Crippen molar-refractivity contribution < 1.29 is 4.79 Å². The Balaban J connectivity index is 1.54. The van der Waals surface area contributed by atoms with Crippen molar-refractivity contribution in [3.63, 3.8) is 0 Å². The molecule has 4 aromatic rings. The lowest BCUT2D eigenvalue weighted by molar-refractivity contribution is 0.102. The number of hydrogen-bond acceptors (Lipinski definition) is 3. The number of para-hydroxylation sites is 1. The summed E-state index contributed by atoms with van der Waals surface area (Å²) in [5.74, 6) is -0.0960. The van der Waals surface area contributed by atoms with Crippen molar-refractivity contribution in [2.24, 2.45) is 0 Å². The van der Waals surface area contributed by atoms with Crippen LogP contribution in [0.5, 0.6) is 0 Å². The van der Waals surface area contributed by atoms with Crippen molar-refractivity contribution in [3.8, 4) is 10.6 Å². The Hall–Kier alpha value is -2.98. The van der Waals surface area contributed by atoms with E-state index in [-0.39, 0.29) is 11.3 Å². The Labute approximate surface area is 175 Å². The van der Waals surface area contributed by atoms with E-state index in [9.17, 15) is 4.79 Å². The summed E-state index contributed by atoms with van der Waals surface area (Å²) in [5.41, 5.74) is 5.86.